The summed E-state index contributed by atoms with van der Waals surface area (Å²) in [5.74, 6) is -1.20. The third-order valence-electron chi connectivity index (χ3n) is 3.64. The predicted molar refractivity (Wildman–Crippen MR) is 88.1 cm³/mol. The Morgan fingerprint density at radius 3 is 2.77 bits per heavy atom. The van der Waals surface area contributed by atoms with Gasteiger partial charge in [-0.25, -0.2) is 14.1 Å². The third-order valence-corrected chi connectivity index (χ3v) is 3.64. The predicted octanol–water partition coefficient (Wildman–Crippen LogP) is 1.67. The van der Waals surface area contributed by atoms with Gasteiger partial charge in [0.1, 0.15) is 17.8 Å². The summed E-state index contributed by atoms with van der Waals surface area (Å²) in [5, 5.41) is 21.5. The van der Waals surface area contributed by atoms with Crippen molar-refractivity contribution in [2.75, 3.05) is 5.32 Å². The molecule has 1 aromatic carbocycles. The van der Waals surface area contributed by atoms with Gasteiger partial charge in [0, 0.05) is 12.6 Å². The second-order valence-electron chi connectivity index (χ2n) is 5.47. The van der Waals surface area contributed by atoms with Gasteiger partial charge in [0.25, 0.3) is 5.91 Å². The highest BCUT2D eigenvalue weighted by Gasteiger charge is 2.29. The van der Waals surface area contributed by atoms with E-state index in [4.69, 9.17) is 0 Å². The molecule has 0 fully saturated rings. The summed E-state index contributed by atoms with van der Waals surface area (Å²) in [6.07, 6.45) is 1.32. The summed E-state index contributed by atoms with van der Waals surface area (Å²) in [7, 11) is 1.43. The Hall–Kier alpha value is -3.63. The molecule has 2 heterocycles. The molecule has 2 aromatic heterocycles. The molecule has 134 valence electrons. The van der Waals surface area contributed by atoms with E-state index in [1.165, 1.54) is 31.0 Å². The molecule has 0 unspecified atom stereocenters. The molecule has 0 saturated heterocycles. The molecule has 0 bridgehead atoms. The van der Waals surface area contributed by atoms with Crippen LogP contribution in [0, 0.1) is 22.9 Å². The molecule has 3 rings (SSSR count). The van der Waals surface area contributed by atoms with Gasteiger partial charge in [-0.05, 0) is 13.0 Å². The zero-order valence-electron chi connectivity index (χ0n) is 13.9. The first-order chi connectivity index (χ1) is 12.4. The zero-order valence-corrected chi connectivity index (χ0v) is 13.9. The van der Waals surface area contributed by atoms with E-state index in [0.717, 1.165) is 4.68 Å². The van der Waals surface area contributed by atoms with Crippen molar-refractivity contribution < 1.29 is 14.1 Å². The molecule has 0 spiro atoms. The molecule has 1 N–H and O–H groups in total. The van der Waals surface area contributed by atoms with Crippen LogP contribution in [0.4, 0.5) is 16.0 Å². The minimum absolute atomic E-state index is 0.0560. The number of rotatable bonds is 5. The molecule has 0 radical (unpaired) electrons. The van der Waals surface area contributed by atoms with Gasteiger partial charge in [-0.3, -0.25) is 24.9 Å². The van der Waals surface area contributed by atoms with E-state index in [1.807, 2.05) is 0 Å². The van der Waals surface area contributed by atoms with E-state index in [2.05, 4.69) is 20.5 Å². The number of anilines is 1. The standard InChI is InChI=1S/C15H14FN7O3/c1-9-12(23(25)26)13(21(2)19-9)14(24)18-15-17-8-22(20-15)7-10-5-3-4-6-11(10)16/h3-6,8H,7H2,1-2H3,(H,18,20,24). The van der Waals surface area contributed by atoms with Crippen molar-refractivity contribution >= 4 is 17.5 Å². The molecular weight excluding hydrogens is 345 g/mol. The second kappa shape index (κ2) is 6.70. The SMILES string of the molecule is Cc1nn(C)c(C(=O)Nc2ncn(Cc3ccccc3F)n2)c1[N+](=O)[O-]. The second-order valence-corrected chi connectivity index (χ2v) is 5.47. The Balaban J connectivity index is 1.79. The Bertz CT molecular complexity index is 995. The fourth-order valence-corrected chi connectivity index (χ4v) is 2.51. The summed E-state index contributed by atoms with van der Waals surface area (Å²) < 4.78 is 16.1. The highest BCUT2D eigenvalue weighted by Crippen LogP contribution is 2.22. The third kappa shape index (κ3) is 3.27. The van der Waals surface area contributed by atoms with Crippen molar-refractivity contribution in [2.24, 2.45) is 7.05 Å². The minimum atomic E-state index is -0.761. The number of carbonyl (C=O) groups is 1. The van der Waals surface area contributed by atoms with Gasteiger partial charge in [0.15, 0.2) is 0 Å². The molecule has 10 nitrogen and oxygen atoms in total. The highest BCUT2D eigenvalue weighted by atomic mass is 19.1. The topological polar surface area (TPSA) is 121 Å². The summed E-state index contributed by atoms with van der Waals surface area (Å²) >= 11 is 0. The molecule has 11 heteroatoms. The summed E-state index contributed by atoms with van der Waals surface area (Å²) in [6, 6.07) is 6.21. The Morgan fingerprint density at radius 1 is 1.35 bits per heavy atom. The quantitative estimate of drug-likeness (QED) is 0.546. The van der Waals surface area contributed by atoms with Crippen LogP contribution in [0.2, 0.25) is 0 Å². The number of aromatic nitrogens is 5. The van der Waals surface area contributed by atoms with Gasteiger partial charge >= 0.3 is 5.69 Å². The number of aryl methyl sites for hydroxylation is 2. The van der Waals surface area contributed by atoms with E-state index < -0.39 is 10.8 Å². The summed E-state index contributed by atoms with van der Waals surface area (Å²) in [5.41, 5.74) is -0.0531. The van der Waals surface area contributed by atoms with E-state index in [-0.39, 0.29) is 35.4 Å². The van der Waals surface area contributed by atoms with Crippen molar-refractivity contribution in [1.82, 2.24) is 24.5 Å². The molecule has 1 amide bonds. The number of nitrogens with zero attached hydrogens (tertiary/aromatic N) is 6. The van der Waals surface area contributed by atoms with Crippen molar-refractivity contribution in [3.05, 3.63) is 63.5 Å². The van der Waals surface area contributed by atoms with Crippen molar-refractivity contribution in [3.63, 3.8) is 0 Å². The minimum Gasteiger partial charge on any atom is -0.288 e. The van der Waals surface area contributed by atoms with E-state index in [0.29, 0.717) is 5.56 Å². The number of amides is 1. The number of nitrogens with one attached hydrogen (secondary N) is 1. The summed E-state index contributed by atoms with van der Waals surface area (Å²) in [4.78, 5) is 26.8. The molecule has 0 saturated carbocycles. The van der Waals surface area contributed by atoms with Crippen molar-refractivity contribution in [1.29, 1.82) is 0 Å². The van der Waals surface area contributed by atoms with Gasteiger partial charge < -0.3 is 0 Å². The van der Waals surface area contributed by atoms with Gasteiger partial charge in [0.05, 0.1) is 11.5 Å². The maximum Gasteiger partial charge on any atom is 0.322 e. The molecule has 26 heavy (non-hydrogen) atoms. The first-order valence-corrected chi connectivity index (χ1v) is 7.49. The summed E-state index contributed by atoms with van der Waals surface area (Å²) in [6.45, 7) is 1.57. The zero-order chi connectivity index (χ0) is 18.8. The van der Waals surface area contributed by atoms with Gasteiger partial charge in [-0.1, -0.05) is 18.2 Å². The van der Waals surface area contributed by atoms with Crippen molar-refractivity contribution in [3.8, 4) is 0 Å². The van der Waals surface area contributed by atoms with Gasteiger partial charge in [-0.2, -0.15) is 5.10 Å². The number of benzene rings is 1. The van der Waals surface area contributed by atoms with E-state index in [9.17, 15) is 19.3 Å². The van der Waals surface area contributed by atoms with Crippen LogP contribution in [0.25, 0.3) is 0 Å². The molecule has 0 atom stereocenters. The Kier molecular flexibility index (Phi) is 4.43. The van der Waals surface area contributed by atoms with Crippen LogP contribution in [-0.2, 0) is 13.6 Å². The van der Waals surface area contributed by atoms with Crippen LogP contribution in [0.5, 0.6) is 0 Å². The maximum absolute atomic E-state index is 13.7. The van der Waals surface area contributed by atoms with Crippen LogP contribution < -0.4 is 5.32 Å². The molecule has 3 aromatic rings. The molecule has 0 aliphatic heterocycles. The first-order valence-electron chi connectivity index (χ1n) is 7.49. The number of nitro groups is 1. The van der Waals surface area contributed by atoms with Gasteiger partial charge in [0.2, 0.25) is 11.6 Å². The first kappa shape index (κ1) is 17.2. The number of hydrogen-bond donors (Lipinski definition) is 1. The van der Waals surface area contributed by atoms with Crippen LogP contribution in [0.1, 0.15) is 21.7 Å². The monoisotopic (exact) mass is 359 g/mol. The molecular formula is C15H14FN7O3. The van der Waals surface area contributed by atoms with Crippen molar-refractivity contribution in [2.45, 2.75) is 13.5 Å². The largest absolute Gasteiger partial charge is 0.322 e. The molecule has 0 aliphatic carbocycles. The lowest BCUT2D eigenvalue weighted by atomic mass is 10.2. The molecule has 0 aliphatic rings. The average Bonchev–Trinajstić information content (AvgIpc) is 3.13. The number of hydrogen-bond acceptors (Lipinski definition) is 6. The average molecular weight is 359 g/mol. The maximum atomic E-state index is 13.7. The highest BCUT2D eigenvalue weighted by molar-refractivity contribution is 6.05. The smallest absolute Gasteiger partial charge is 0.288 e. The van der Waals surface area contributed by atoms with Crippen LogP contribution in [0.3, 0.4) is 0 Å². The van der Waals surface area contributed by atoms with E-state index >= 15 is 0 Å². The lowest BCUT2D eigenvalue weighted by molar-refractivity contribution is -0.385. The Labute approximate surface area is 146 Å². The van der Waals surface area contributed by atoms with Crippen LogP contribution in [0.15, 0.2) is 30.6 Å². The lowest BCUT2D eigenvalue weighted by Gasteiger charge is -2.03. The van der Waals surface area contributed by atoms with Crippen LogP contribution in [-0.4, -0.2) is 35.4 Å². The fraction of sp³-hybridized carbons (Fsp3) is 0.200. The van der Waals surface area contributed by atoms with Gasteiger partial charge in [-0.15, -0.1) is 5.10 Å². The normalized spacial score (nSPS) is 10.7. The Morgan fingerprint density at radius 2 is 2.08 bits per heavy atom. The number of halogens is 1. The van der Waals surface area contributed by atoms with Crippen LogP contribution >= 0.6 is 0 Å². The number of carbonyl (C=O) groups excluding carboxylic acids is 1. The van der Waals surface area contributed by atoms with E-state index in [1.54, 1.807) is 18.2 Å². The fourth-order valence-electron chi connectivity index (χ4n) is 2.51. The lowest BCUT2D eigenvalue weighted by Crippen LogP contribution is -2.18.